The second kappa shape index (κ2) is 4.60. The summed E-state index contributed by atoms with van der Waals surface area (Å²) in [4.78, 5) is 14.5. The first-order valence-electron chi connectivity index (χ1n) is 3.28. The van der Waals surface area contributed by atoms with Gasteiger partial charge in [-0.3, -0.25) is 4.98 Å². The van der Waals surface area contributed by atoms with Gasteiger partial charge in [-0.1, -0.05) is 0 Å². The number of aromatic nitrogens is 1. The van der Waals surface area contributed by atoms with Crippen molar-refractivity contribution in [2.24, 2.45) is 0 Å². The molecule has 0 saturated heterocycles. The number of carboxylic acids is 1. The molecule has 0 aliphatic rings. The summed E-state index contributed by atoms with van der Waals surface area (Å²) in [6.45, 7) is 3.50. The van der Waals surface area contributed by atoms with Crippen LogP contribution in [0.15, 0.2) is 12.3 Å². The van der Waals surface area contributed by atoms with E-state index in [0.29, 0.717) is 5.69 Å². The number of rotatable bonds is 1. The van der Waals surface area contributed by atoms with Crippen molar-refractivity contribution >= 4 is 35.5 Å². The number of carbonyl (C=O) groups is 1. The maximum absolute atomic E-state index is 10.5. The molecule has 1 aromatic heterocycles. The molecule has 1 N–H and O–H groups in total. The Balaban J connectivity index is 0.00000121. The Labute approximate surface area is 93.1 Å². The molecule has 3 nitrogen and oxygen atoms in total. The second-order valence-electron chi connectivity index (χ2n) is 2.45. The van der Waals surface area contributed by atoms with Crippen LogP contribution in [-0.4, -0.2) is 45.6 Å². The second-order valence-corrected chi connectivity index (χ2v) is 2.45. The molecule has 1 rings (SSSR count). The molecule has 0 spiro atoms. The summed E-state index contributed by atoms with van der Waals surface area (Å²) in [6.07, 6.45) is 1.65. The Morgan fingerprint density at radius 2 is 2.08 bits per heavy atom. The predicted molar refractivity (Wildman–Crippen MR) is 47.8 cm³/mol. The first-order valence-corrected chi connectivity index (χ1v) is 3.28. The van der Waals surface area contributed by atoms with E-state index in [0.717, 1.165) is 5.56 Å². The summed E-state index contributed by atoms with van der Waals surface area (Å²) >= 11 is 0. The van der Waals surface area contributed by atoms with Gasteiger partial charge in [-0.25, -0.2) is 4.79 Å². The quantitative estimate of drug-likeness (QED) is 0.640. The number of hydrogen-bond donors (Lipinski definition) is 1. The van der Waals surface area contributed by atoms with E-state index in [1.54, 1.807) is 19.2 Å². The van der Waals surface area contributed by atoms with Crippen molar-refractivity contribution in [2.75, 3.05) is 0 Å². The van der Waals surface area contributed by atoms with Crippen LogP contribution in [-0.2, 0) is 0 Å². The van der Waals surface area contributed by atoms with E-state index in [1.165, 1.54) is 0 Å². The fourth-order valence-corrected chi connectivity index (χ4v) is 0.854. The molecule has 0 bridgehead atoms. The van der Waals surface area contributed by atoms with Crippen LogP contribution in [0.1, 0.15) is 21.6 Å². The Kier molecular flexibility index (Phi) is 4.45. The van der Waals surface area contributed by atoms with Crippen LogP contribution in [0.3, 0.4) is 0 Å². The minimum absolute atomic E-state index is 0. The SMILES string of the molecule is Cc1cnc(C)c(C(=O)O)c1.[NaH]. The Bertz CT molecular complexity index is 299. The van der Waals surface area contributed by atoms with Crippen LogP contribution in [0, 0.1) is 13.8 Å². The molecule has 0 fully saturated rings. The molecule has 0 aliphatic heterocycles. The van der Waals surface area contributed by atoms with E-state index in [4.69, 9.17) is 5.11 Å². The molecule has 0 saturated carbocycles. The van der Waals surface area contributed by atoms with Crippen LogP contribution in [0.2, 0.25) is 0 Å². The molecule has 1 aromatic rings. The van der Waals surface area contributed by atoms with E-state index >= 15 is 0 Å². The standard InChI is InChI=1S/C8H9NO2.Na.H/c1-5-3-7(8(10)11)6(2)9-4-5;;/h3-4H,1-2H3,(H,10,11);;. The van der Waals surface area contributed by atoms with E-state index in [-0.39, 0.29) is 35.1 Å². The summed E-state index contributed by atoms with van der Waals surface area (Å²) < 4.78 is 0. The van der Waals surface area contributed by atoms with Gasteiger partial charge < -0.3 is 5.11 Å². The Morgan fingerprint density at radius 1 is 1.50 bits per heavy atom. The summed E-state index contributed by atoms with van der Waals surface area (Å²) in [5.41, 5.74) is 1.71. The number of pyridine rings is 1. The van der Waals surface area contributed by atoms with Gasteiger partial charge in [-0.2, -0.15) is 0 Å². The van der Waals surface area contributed by atoms with Crippen LogP contribution < -0.4 is 0 Å². The molecule has 60 valence electrons. The molecule has 4 heteroatoms. The first-order chi connectivity index (χ1) is 5.11. The number of aromatic carboxylic acids is 1. The third kappa shape index (κ3) is 2.59. The number of aryl methyl sites for hydroxylation is 2. The predicted octanol–water partition coefficient (Wildman–Crippen LogP) is 0.748. The molecule has 12 heavy (non-hydrogen) atoms. The van der Waals surface area contributed by atoms with Crippen molar-refractivity contribution in [3.63, 3.8) is 0 Å². The number of nitrogens with zero attached hydrogens (tertiary/aromatic N) is 1. The maximum atomic E-state index is 10.5. The Hall–Kier alpha value is -0.380. The average molecular weight is 175 g/mol. The van der Waals surface area contributed by atoms with Gasteiger partial charge in [0.1, 0.15) is 0 Å². The zero-order valence-corrected chi connectivity index (χ0v) is 6.46. The van der Waals surface area contributed by atoms with E-state index in [2.05, 4.69) is 4.98 Å². The third-order valence-corrected chi connectivity index (χ3v) is 1.45. The topological polar surface area (TPSA) is 50.2 Å². The van der Waals surface area contributed by atoms with E-state index in [9.17, 15) is 4.79 Å². The summed E-state index contributed by atoms with van der Waals surface area (Å²) in [5.74, 6) is -0.918. The third-order valence-electron chi connectivity index (χ3n) is 1.45. The van der Waals surface area contributed by atoms with E-state index in [1.807, 2.05) is 6.92 Å². The van der Waals surface area contributed by atoms with Crippen molar-refractivity contribution in [2.45, 2.75) is 13.8 Å². The van der Waals surface area contributed by atoms with Crippen LogP contribution >= 0.6 is 0 Å². The number of hydrogen-bond acceptors (Lipinski definition) is 2. The van der Waals surface area contributed by atoms with Crippen LogP contribution in [0.5, 0.6) is 0 Å². The van der Waals surface area contributed by atoms with Crippen molar-refractivity contribution in [3.05, 3.63) is 29.1 Å². The van der Waals surface area contributed by atoms with Gasteiger partial charge in [-0.05, 0) is 25.5 Å². The fraction of sp³-hybridized carbons (Fsp3) is 0.250. The molecule has 0 aliphatic carbocycles. The van der Waals surface area contributed by atoms with Gasteiger partial charge >= 0.3 is 35.5 Å². The van der Waals surface area contributed by atoms with Gasteiger partial charge in [0.25, 0.3) is 0 Å². The first kappa shape index (κ1) is 11.6. The minimum atomic E-state index is -0.918. The fourth-order valence-electron chi connectivity index (χ4n) is 0.854. The van der Waals surface area contributed by atoms with Crippen LogP contribution in [0.4, 0.5) is 0 Å². The van der Waals surface area contributed by atoms with Crippen molar-refractivity contribution in [1.29, 1.82) is 0 Å². The molecule has 0 aromatic carbocycles. The van der Waals surface area contributed by atoms with Gasteiger partial charge in [0.2, 0.25) is 0 Å². The van der Waals surface area contributed by atoms with Gasteiger partial charge in [0.15, 0.2) is 0 Å². The van der Waals surface area contributed by atoms with Gasteiger partial charge in [-0.15, -0.1) is 0 Å². The van der Waals surface area contributed by atoms with Gasteiger partial charge in [0.05, 0.1) is 11.3 Å². The van der Waals surface area contributed by atoms with E-state index < -0.39 is 5.97 Å². The molecule has 0 radical (unpaired) electrons. The van der Waals surface area contributed by atoms with Crippen LogP contribution in [0.25, 0.3) is 0 Å². The Morgan fingerprint density at radius 3 is 2.50 bits per heavy atom. The molecule has 0 unspecified atom stereocenters. The average Bonchev–Trinajstić information content (AvgIpc) is 1.94. The summed E-state index contributed by atoms with van der Waals surface area (Å²) in [7, 11) is 0. The molecule has 0 amide bonds. The summed E-state index contributed by atoms with van der Waals surface area (Å²) in [5, 5.41) is 8.65. The molecule has 0 atom stereocenters. The zero-order chi connectivity index (χ0) is 8.43. The summed E-state index contributed by atoms with van der Waals surface area (Å²) in [6, 6.07) is 1.62. The van der Waals surface area contributed by atoms with Crippen molar-refractivity contribution in [1.82, 2.24) is 4.98 Å². The number of carboxylic acid groups (broad SMARTS) is 1. The van der Waals surface area contributed by atoms with Gasteiger partial charge in [0, 0.05) is 6.20 Å². The van der Waals surface area contributed by atoms with Crippen molar-refractivity contribution in [3.8, 4) is 0 Å². The molecular weight excluding hydrogens is 165 g/mol. The van der Waals surface area contributed by atoms with Crippen molar-refractivity contribution < 1.29 is 9.90 Å². The molecular formula is C8H10NNaO2. The normalized spacial score (nSPS) is 8.83. The monoisotopic (exact) mass is 175 g/mol. The zero-order valence-electron chi connectivity index (χ0n) is 6.46. The molecule has 1 heterocycles.